The van der Waals surface area contributed by atoms with Gasteiger partial charge in [-0.1, -0.05) is 5.10 Å². The molecule has 1 fully saturated rings. The van der Waals surface area contributed by atoms with Gasteiger partial charge < -0.3 is 14.1 Å². The van der Waals surface area contributed by atoms with E-state index in [9.17, 15) is 0 Å². The SMILES string of the molecule is COC1CCCN(c2nnc(CCl)o2)C1. The van der Waals surface area contributed by atoms with E-state index in [1.807, 2.05) is 4.90 Å². The average molecular weight is 232 g/mol. The molecule has 1 atom stereocenters. The molecule has 0 aromatic carbocycles. The zero-order valence-electron chi connectivity index (χ0n) is 8.65. The van der Waals surface area contributed by atoms with Crippen LogP contribution in [0.2, 0.25) is 0 Å². The van der Waals surface area contributed by atoms with Crippen LogP contribution in [0.5, 0.6) is 0 Å². The van der Waals surface area contributed by atoms with Crippen molar-refractivity contribution in [2.45, 2.75) is 24.8 Å². The van der Waals surface area contributed by atoms with Gasteiger partial charge in [0.15, 0.2) is 0 Å². The van der Waals surface area contributed by atoms with Crippen LogP contribution in [0.3, 0.4) is 0 Å². The van der Waals surface area contributed by atoms with Gasteiger partial charge in [0.1, 0.15) is 5.88 Å². The molecule has 84 valence electrons. The zero-order valence-corrected chi connectivity index (χ0v) is 9.40. The number of hydrogen-bond donors (Lipinski definition) is 0. The molecule has 1 aromatic rings. The second-order valence-corrected chi connectivity index (χ2v) is 3.83. The van der Waals surface area contributed by atoms with E-state index >= 15 is 0 Å². The molecule has 0 spiro atoms. The molecule has 2 rings (SSSR count). The number of anilines is 1. The Hall–Kier alpha value is -0.810. The number of rotatable bonds is 3. The fraction of sp³-hybridized carbons (Fsp3) is 0.778. The number of aromatic nitrogens is 2. The van der Waals surface area contributed by atoms with Gasteiger partial charge >= 0.3 is 6.01 Å². The normalized spacial score (nSPS) is 22.0. The smallest absolute Gasteiger partial charge is 0.318 e. The number of ether oxygens (including phenoxy) is 1. The molecule has 1 aliphatic heterocycles. The Morgan fingerprint density at radius 3 is 3.13 bits per heavy atom. The largest absolute Gasteiger partial charge is 0.407 e. The van der Waals surface area contributed by atoms with Gasteiger partial charge in [-0.3, -0.25) is 0 Å². The Balaban J connectivity index is 2.03. The van der Waals surface area contributed by atoms with E-state index in [0.29, 0.717) is 11.9 Å². The van der Waals surface area contributed by atoms with E-state index in [1.165, 1.54) is 0 Å². The highest BCUT2D eigenvalue weighted by molar-refractivity contribution is 6.16. The summed E-state index contributed by atoms with van der Waals surface area (Å²) < 4.78 is 10.7. The van der Waals surface area contributed by atoms with Gasteiger partial charge in [0.2, 0.25) is 5.89 Å². The van der Waals surface area contributed by atoms with E-state index < -0.39 is 0 Å². The molecule has 6 heteroatoms. The van der Waals surface area contributed by atoms with Crippen molar-refractivity contribution in [2.24, 2.45) is 0 Å². The fourth-order valence-electron chi connectivity index (χ4n) is 1.73. The second-order valence-electron chi connectivity index (χ2n) is 3.56. The molecular weight excluding hydrogens is 218 g/mol. The van der Waals surface area contributed by atoms with Gasteiger partial charge in [0.05, 0.1) is 6.10 Å². The third-order valence-electron chi connectivity index (χ3n) is 2.55. The van der Waals surface area contributed by atoms with E-state index in [0.717, 1.165) is 25.9 Å². The summed E-state index contributed by atoms with van der Waals surface area (Å²) in [6.45, 7) is 1.74. The minimum Gasteiger partial charge on any atom is -0.407 e. The van der Waals surface area contributed by atoms with Crippen LogP contribution in [-0.2, 0) is 10.6 Å². The number of piperidine rings is 1. The number of hydrogen-bond acceptors (Lipinski definition) is 5. The third-order valence-corrected chi connectivity index (χ3v) is 2.78. The first-order chi connectivity index (χ1) is 7.33. The molecule has 15 heavy (non-hydrogen) atoms. The molecule has 0 amide bonds. The molecule has 5 nitrogen and oxygen atoms in total. The maximum Gasteiger partial charge on any atom is 0.318 e. The topological polar surface area (TPSA) is 51.4 Å². The minimum absolute atomic E-state index is 0.255. The molecule has 0 bridgehead atoms. The minimum atomic E-state index is 0.255. The summed E-state index contributed by atoms with van der Waals surface area (Å²) in [5.41, 5.74) is 0. The quantitative estimate of drug-likeness (QED) is 0.737. The molecule has 0 saturated carbocycles. The summed E-state index contributed by atoms with van der Waals surface area (Å²) in [6, 6.07) is 0.549. The van der Waals surface area contributed by atoms with E-state index in [1.54, 1.807) is 7.11 Å². The standard InChI is InChI=1S/C9H14ClN3O2/c1-14-7-3-2-4-13(6-7)9-12-11-8(5-10)15-9/h7H,2-6H2,1H3. The molecule has 1 unspecified atom stereocenters. The molecule has 1 aliphatic rings. The summed E-state index contributed by atoms with van der Waals surface area (Å²) in [6.07, 6.45) is 2.42. The maximum absolute atomic E-state index is 5.60. The number of alkyl halides is 1. The first kappa shape index (κ1) is 10.7. The summed E-state index contributed by atoms with van der Waals surface area (Å²) in [5, 5.41) is 7.78. The Labute approximate surface area is 93.4 Å². The van der Waals surface area contributed by atoms with Crippen molar-refractivity contribution in [3.63, 3.8) is 0 Å². The highest BCUT2D eigenvalue weighted by Crippen LogP contribution is 2.20. The zero-order chi connectivity index (χ0) is 10.7. The van der Waals surface area contributed by atoms with Crippen molar-refractivity contribution in [1.82, 2.24) is 10.2 Å². The Kier molecular flexibility index (Phi) is 3.43. The summed E-state index contributed by atoms with van der Waals surface area (Å²) in [5.74, 6) is 0.723. The molecular formula is C9H14ClN3O2. The maximum atomic E-state index is 5.60. The van der Waals surface area contributed by atoms with Crippen molar-refractivity contribution >= 4 is 17.6 Å². The van der Waals surface area contributed by atoms with Crippen molar-refractivity contribution in [1.29, 1.82) is 0 Å². The molecule has 0 aliphatic carbocycles. The number of halogens is 1. The molecule has 0 radical (unpaired) electrons. The average Bonchev–Trinajstić information content (AvgIpc) is 2.78. The lowest BCUT2D eigenvalue weighted by molar-refractivity contribution is 0.0879. The van der Waals surface area contributed by atoms with Crippen molar-refractivity contribution < 1.29 is 9.15 Å². The third kappa shape index (κ3) is 2.41. The van der Waals surface area contributed by atoms with E-state index in [2.05, 4.69) is 10.2 Å². The van der Waals surface area contributed by atoms with Crippen LogP contribution < -0.4 is 4.90 Å². The van der Waals surface area contributed by atoms with Gasteiger partial charge in [0, 0.05) is 20.2 Å². The molecule has 1 aromatic heterocycles. The Morgan fingerprint density at radius 1 is 1.60 bits per heavy atom. The summed E-state index contributed by atoms with van der Waals surface area (Å²) in [7, 11) is 1.73. The van der Waals surface area contributed by atoms with Crippen LogP contribution in [0.4, 0.5) is 6.01 Å². The first-order valence-corrected chi connectivity index (χ1v) is 5.53. The number of methoxy groups -OCH3 is 1. The van der Waals surface area contributed by atoms with Crippen LogP contribution in [-0.4, -0.2) is 36.5 Å². The van der Waals surface area contributed by atoms with Gasteiger partial charge in [-0.15, -0.1) is 16.7 Å². The van der Waals surface area contributed by atoms with Crippen molar-refractivity contribution in [3.05, 3.63) is 5.89 Å². The van der Waals surface area contributed by atoms with Crippen LogP contribution in [0.1, 0.15) is 18.7 Å². The highest BCUT2D eigenvalue weighted by atomic mass is 35.5. The highest BCUT2D eigenvalue weighted by Gasteiger charge is 2.23. The summed E-state index contributed by atoms with van der Waals surface area (Å²) >= 11 is 5.60. The van der Waals surface area contributed by atoms with Crippen LogP contribution in [0.25, 0.3) is 0 Å². The lowest BCUT2D eigenvalue weighted by Crippen LogP contribution is -2.39. The molecule has 0 N–H and O–H groups in total. The second kappa shape index (κ2) is 4.81. The first-order valence-electron chi connectivity index (χ1n) is 4.99. The lowest BCUT2D eigenvalue weighted by Gasteiger charge is -2.30. The summed E-state index contributed by atoms with van der Waals surface area (Å²) in [4.78, 5) is 2.04. The van der Waals surface area contributed by atoms with E-state index in [-0.39, 0.29) is 12.0 Å². The van der Waals surface area contributed by atoms with Crippen molar-refractivity contribution in [2.75, 3.05) is 25.1 Å². The van der Waals surface area contributed by atoms with Crippen LogP contribution in [0.15, 0.2) is 4.42 Å². The van der Waals surface area contributed by atoms with Gasteiger partial charge in [0.25, 0.3) is 0 Å². The predicted molar refractivity (Wildman–Crippen MR) is 56.1 cm³/mol. The number of nitrogens with zero attached hydrogens (tertiary/aromatic N) is 3. The van der Waals surface area contributed by atoms with Gasteiger partial charge in [-0.2, -0.15) is 0 Å². The van der Waals surface area contributed by atoms with Gasteiger partial charge in [-0.05, 0) is 12.8 Å². The van der Waals surface area contributed by atoms with Gasteiger partial charge in [-0.25, -0.2) is 0 Å². The fourth-order valence-corrected chi connectivity index (χ4v) is 1.84. The van der Waals surface area contributed by atoms with Crippen molar-refractivity contribution in [3.8, 4) is 0 Å². The Morgan fingerprint density at radius 2 is 2.47 bits per heavy atom. The molecule has 1 saturated heterocycles. The van der Waals surface area contributed by atoms with Crippen LogP contribution in [0, 0.1) is 0 Å². The lowest BCUT2D eigenvalue weighted by atomic mass is 10.1. The monoisotopic (exact) mass is 231 g/mol. The van der Waals surface area contributed by atoms with Crippen LogP contribution >= 0.6 is 11.6 Å². The Bertz CT molecular complexity index is 318. The molecule has 2 heterocycles. The predicted octanol–water partition coefficient (Wildman–Crippen LogP) is 1.42. The van der Waals surface area contributed by atoms with E-state index in [4.69, 9.17) is 20.8 Å².